The summed E-state index contributed by atoms with van der Waals surface area (Å²) in [6, 6.07) is 14.5. The summed E-state index contributed by atoms with van der Waals surface area (Å²) in [5, 5.41) is 13.2. The van der Waals surface area contributed by atoms with Crippen LogP contribution in [-0.2, 0) is 6.42 Å². The minimum Gasteiger partial charge on any atom is -0.388 e. The van der Waals surface area contributed by atoms with Crippen molar-refractivity contribution in [2.75, 3.05) is 12.4 Å². The zero-order chi connectivity index (χ0) is 16.7. The fourth-order valence-corrected chi connectivity index (χ4v) is 4.57. The molecule has 1 aromatic heterocycles. The molecule has 24 heavy (non-hydrogen) atoms. The molecular weight excluding hydrogens is 312 g/mol. The number of para-hydroxylation sites is 1. The van der Waals surface area contributed by atoms with Crippen molar-refractivity contribution in [3.63, 3.8) is 0 Å². The summed E-state index contributed by atoms with van der Waals surface area (Å²) in [5.74, 6) is 0.607. The van der Waals surface area contributed by atoms with Crippen molar-refractivity contribution in [2.45, 2.75) is 13.3 Å². The van der Waals surface area contributed by atoms with Gasteiger partial charge in [-0.2, -0.15) is 0 Å². The molecule has 2 N–H and O–H groups in total. The molecule has 1 heterocycles. The van der Waals surface area contributed by atoms with Crippen molar-refractivity contribution < 1.29 is 0 Å². The van der Waals surface area contributed by atoms with Crippen LogP contribution in [0.3, 0.4) is 0 Å². The smallest absolute Gasteiger partial charge is 0.0705 e. The SMILES string of the molecule is CNc1ccccc1C(=N)c1ccc2c3c(sc2c1)C=CC(C)C3. The first-order valence-corrected chi connectivity index (χ1v) is 9.08. The predicted molar refractivity (Wildman–Crippen MR) is 106 cm³/mol. The number of benzene rings is 2. The Bertz CT molecular complexity index is 965. The molecule has 3 heteroatoms. The highest BCUT2D eigenvalue weighted by Gasteiger charge is 2.17. The number of rotatable bonds is 3. The van der Waals surface area contributed by atoms with E-state index in [1.807, 2.05) is 42.6 Å². The van der Waals surface area contributed by atoms with Crippen molar-refractivity contribution in [3.05, 3.63) is 70.1 Å². The third kappa shape index (κ3) is 2.45. The lowest BCUT2D eigenvalue weighted by Gasteiger charge is -2.12. The van der Waals surface area contributed by atoms with Gasteiger partial charge >= 0.3 is 0 Å². The summed E-state index contributed by atoms with van der Waals surface area (Å²) in [6.07, 6.45) is 5.67. The van der Waals surface area contributed by atoms with E-state index in [-0.39, 0.29) is 0 Å². The van der Waals surface area contributed by atoms with Gasteiger partial charge in [-0.25, -0.2) is 0 Å². The Hall–Kier alpha value is -2.39. The third-order valence-corrected chi connectivity index (χ3v) is 5.84. The molecular formula is C21H20N2S. The number of hydrogen-bond acceptors (Lipinski definition) is 3. The van der Waals surface area contributed by atoms with Crippen LogP contribution in [0.2, 0.25) is 0 Å². The monoisotopic (exact) mass is 332 g/mol. The average molecular weight is 332 g/mol. The van der Waals surface area contributed by atoms with E-state index in [0.717, 1.165) is 23.2 Å². The molecule has 1 unspecified atom stereocenters. The minimum atomic E-state index is 0.567. The molecule has 4 rings (SSSR count). The summed E-state index contributed by atoms with van der Waals surface area (Å²) < 4.78 is 1.28. The second kappa shape index (κ2) is 5.91. The maximum Gasteiger partial charge on any atom is 0.0705 e. The Balaban J connectivity index is 1.79. The van der Waals surface area contributed by atoms with Crippen LogP contribution in [0.4, 0.5) is 5.69 Å². The van der Waals surface area contributed by atoms with Crippen molar-refractivity contribution in [3.8, 4) is 0 Å². The molecule has 1 aliphatic rings. The molecule has 120 valence electrons. The van der Waals surface area contributed by atoms with Crippen LogP contribution in [0.25, 0.3) is 16.2 Å². The zero-order valence-corrected chi connectivity index (χ0v) is 14.7. The topological polar surface area (TPSA) is 35.9 Å². The minimum absolute atomic E-state index is 0.567. The van der Waals surface area contributed by atoms with Crippen LogP contribution in [0.1, 0.15) is 28.5 Å². The Morgan fingerprint density at radius 1 is 1.21 bits per heavy atom. The molecule has 2 nitrogen and oxygen atoms in total. The number of nitrogens with one attached hydrogen (secondary N) is 2. The third-order valence-electron chi connectivity index (χ3n) is 4.68. The first-order valence-electron chi connectivity index (χ1n) is 8.27. The van der Waals surface area contributed by atoms with Gasteiger partial charge in [-0.1, -0.05) is 43.3 Å². The molecule has 1 atom stereocenters. The quantitative estimate of drug-likeness (QED) is 0.605. The number of hydrogen-bond donors (Lipinski definition) is 2. The number of anilines is 1. The Morgan fingerprint density at radius 3 is 2.88 bits per heavy atom. The van der Waals surface area contributed by atoms with Crippen LogP contribution in [0, 0.1) is 11.3 Å². The highest BCUT2D eigenvalue weighted by atomic mass is 32.1. The maximum atomic E-state index is 8.64. The fourth-order valence-electron chi connectivity index (χ4n) is 3.39. The highest BCUT2D eigenvalue weighted by Crippen LogP contribution is 2.37. The summed E-state index contributed by atoms with van der Waals surface area (Å²) in [4.78, 5) is 1.38. The van der Waals surface area contributed by atoms with Crippen molar-refractivity contribution in [1.29, 1.82) is 5.41 Å². The second-order valence-electron chi connectivity index (χ2n) is 6.37. The van der Waals surface area contributed by atoms with E-state index in [2.05, 4.69) is 42.6 Å². The molecule has 0 fully saturated rings. The first-order chi connectivity index (χ1) is 11.7. The highest BCUT2D eigenvalue weighted by molar-refractivity contribution is 7.20. The van der Waals surface area contributed by atoms with Crippen molar-refractivity contribution >= 4 is 38.9 Å². The maximum absolute atomic E-state index is 8.64. The Morgan fingerprint density at radius 2 is 2.04 bits per heavy atom. The summed E-state index contributed by atoms with van der Waals surface area (Å²) >= 11 is 1.84. The fraction of sp³-hybridized carbons (Fsp3) is 0.190. The molecule has 3 aromatic rings. The molecule has 0 spiro atoms. The molecule has 0 bridgehead atoms. The normalized spacial score (nSPS) is 16.2. The van der Waals surface area contributed by atoms with Crippen LogP contribution in [-0.4, -0.2) is 12.8 Å². The van der Waals surface area contributed by atoms with Gasteiger partial charge in [-0.3, -0.25) is 5.41 Å². The number of fused-ring (bicyclic) bond motifs is 3. The first kappa shape index (κ1) is 15.2. The number of thiophene rings is 1. The molecule has 0 saturated heterocycles. The molecule has 0 amide bonds. The van der Waals surface area contributed by atoms with Crippen molar-refractivity contribution in [2.24, 2.45) is 5.92 Å². The van der Waals surface area contributed by atoms with Crippen LogP contribution < -0.4 is 5.32 Å². The van der Waals surface area contributed by atoms with Gasteiger partial charge in [0.1, 0.15) is 0 Å². The van der Waals surface area contributed by atoms with Crippen LogP contribution in [0.15, 0.2) is 48.5 Å². The molecule has 1 aliphatic carbocycles. The van der Waals surface area contributed by atoms with Crippen molar-refractivity contribution in [1.82, 2.24) is 0 Å². The van der Waals surface area contributed by atoms with Gasteiger partial charge in [-0.05, 0) is 41.5 Å². The van der Waals surface area contributed by atoms with E-state index in [4.69, 9.17) is 5.41 Å². The zero-order valence-electron chi connectivity index (χ0n) is 13.9. The van der Waals surface area contributed by atoms with Crippen LogP contribution >= 0.6 is 11.3 Å². The molecule has 0 aliphatic heterocycles. The Labute approximate surface area is 146 Å². The van der Waals surface area contributed by atoms with E-state index >= 15 is 0 Å². The van der Waals surface area contributed by atoms with E-state index in [1.54, 1.807) is 0 Å². The lowest BCUT2D eigenvalue weighted by Crippen LogP contribution is -2.05. The molecule has 2 aromatic carbocycles. The lowest BCUT2D eigenvalue weighted by molar-refractivity contribution is 0.724. The second-order valence-corrected chi connectivity index (χ2v) is 7.45. The van der Waals surface area contributed by atoms with E-state index in [1.165, 1.54) is 20.5 Å². The van der Waals surface area contributed by atoms with Gasteiger partial charge in [-0.15, -0.1) is 11.3 Å². The summed E-state index contributed by atoms with van der Waals surface area (Å²) in [6.45, 7) is 2.27. The number of allylic oxidation sites excluding steroid dienone is 1. The lowest BCUT2D eigenvalue weighted by atomic mass is 9.93. The summed E-state index contributed by atoms with van der Waals surface area (Å²) in [7, 11) is 1.90. The Kier molecular flexibility index (Phi) is 3.73. The molecule has 0 radical (unpaired) electrons. The van der Waals surface area contributed by atoms with Gasteiger partial charge in [0.15, 0.2) is 0 Å². The van der Waals surface area contributed by atoms with Gasteiger partial charge < -0.3 is 5.32 Å². The van der Waals surface area contributed by atoms with E-state index < -0.39 is 0 Å². The van der Waals surface area contributed by atoms with Gasteiger partial charge in [0, 0.05) is 33.4 Å². The van der Waals surface area contributed by atoms with Gasteiger partial charge in [0.05, 0.1) is 5.71 Å². The summed E-state index contributed by atoms with van der Waals surface area (Å²) in [5.41, 5.74) is 4.94. The van der Waals surface area contributed by atoms with Gasteiger partial charge in [0.2, 0.25) is 0 Å². The largest absolute Gasteiger partial charge is 0.388 e. The average Bonchev–Trinajstić information content (AvgIpc) is 2.98. The van der Waals surface area contributed by atoms with Crippen LogP contribution in [0.5, 0.6) is 0 Å². The standard InChI is InChI=1S/C21H20N2S/c1-13-7-10-19-17(11-13)15-9-8-14(12-20(15)24-19)21(22)16-5-3-4-6-18(16)23-2/h3-10,12-13,22-23H,11H2,1-2H3. The van der Waals surface area contributed by atoms with Gasteiger partial charge in [0.25, 0.3) is 0 Å². The predicted octanol–water partition coefficient (Wildman–Crippen LogP) is 5.56. The molecule has 0 saturated carbocycles. The van der Waals surface area contributed by atoms with E-state index in [0.29, 0.717) is 11.6 Å². The van der Waals surface area contributed by atoms with E-state index in [9.17, 15) is 0 Å².